The van der Waals surface area contributed by atoms with Crippen LogP contribution in [0.2, 0.25) is 0 Å². The van der Waals surface area contributed by atoms with Crippen molar-refractivity contribution in [2.45, 2.75) is 33.0 Å². The fraction of sp³-hybridized carbons (Fsp3) is 0.333. The maximum atomic E-state index is 13.4. The van der Waals surface area contributed by atoms with Crippen LogP contribution >= 0.6 is 0 Å². The molecule has 1 heterocycles. The van der Waals surface area contributed by atoms with Gasteiger partial charge in [-0.2, -0.15) is 0 Å². The lowest BCUT2D eigenvalue weighted by molar-refractivity contribution is 0.242. The van der Waals surface area contributed by atoms with Gasteiger partial charge in [-0.1, -0.05) is 19.9 Å². The monoisotopic (exact) mass is 281 g/mol. The quantitative estimate of drug-likeness (QED) is 0.878. The Morgan fingerprint density at radius 1 is 1.10 bits per heavy atom. The van der Waals surface area contributed by atoms with E-state index in [1.807, 2.05) is 19.9 Å². The molecule has 0 aliphatic carbocycles. The average molecular weight is 281 g/mol. The Balaban J connectivity index is 1.94. The van der Waals surface area contributed by atoms with E-state index in [1.165, 1.54) is 6.07 Å². The summed E-state index contributed by atoms with van der Waals surface area (Å²) >= 11 is 0. The number of ether oxygens (including phenoxy) is 1. The lowest BCUT2D eigenvalue weighted by Gasteiger charge is -2.07. The van der Waals surface area contributed by atoms with Crippen molar-refractivity contribution < 1.29 is 17.9 Å². The first-order valence-corrected chi connectivity index (χ1v) is 6.44. The van der Waals surface area contributed by atoms with Crippen molar-refractivity contribution in [1.29, 1.82) is 0 Å². The minimum absolute atomic E-state index is 0.0144. The van der Waals surface area contributed by atoms with Crippen LogP contribution in [0.1, 0.15) is 25.4 Å². The van der Waals surface area contributed by atoms with Crippen LogP contribution in [0.3, 0.4) is 0 Å². The number of nitrogens with one attached hydrogen (secondary N) is 1. The standard InChI is InChI=1S/C15H17F2NO2/c1-10(2)18-8-11-6-7-12(20-11)9-19-15-13(16)4-3-5-14(15)17/h3-7,10,18H,8-9H2,1-2H3. The van der Waals surface area contributed by atoms with Crippen LogP contribution in [0.5, 0.6) is 5.75 Å². The molecule has 5 heteroatoms. The molecule has 0 aliphatic rings. The lowest BCUT2D eigenvalue weighted by atomic mass is 10.3. The van der Waals surface area contributed by atoms with Crippen molar-refractivity contribution in [2.75, 3.05) is 0 Å². The predicted molar refractivity (Wildman–Crippen MR) is 71.4 cm³/mol. The van der Waals surface area contributed by atoms with E-state index in [2.05, 4.69) is 5.32 Å². The Hall–Kier alpha value is -1.88. The van der Waals surface area contributed by atoms with Crippen molar-refractivity contribution in [3.8, 4) is 5.75 Å². The minimum atomic E-state index is -0.724. The molecular formula is C15H17F2NO2. The summed E-state index contributed by atoms with van der Waals surface area (Å²) in [6.07, 6.45) is 0. The second-order valence-electron chi connectivity index (χ2n) is 4.74. The molecule has 20 heavy (non-hydrogen) atoms. The van der Waals surface area contributed by atoms with E-state index in [0.29, 0.717) is 18.3 Å². The maximum absolute atomic E-state index is 13.4. The summed E-state index contributed by atoms with van der Waals surface area (Å²) in [6, 6.07) is 7.49. The SMILES string of the molecule is CC(C)NCc1ccc(COc2c(F)cccc2F)o1. The molecule has 1 aromatic heterocycles. The van der Waals surface area contributed by atoms with E-state index < -0.39 is 11.6 Å². The molecule has 1 N–H and O–H groups in total. The molecular weight excluding hydrogens is 264 g/mol. The van der Waals surface area contributed by atoms with Gasteiger partial charge in [-0.25, -0.2) is 8.78 Å². The van der Waals surface area contributed by atoms with Crippen LogP contribution in [-0.4, -0.2) is 6.04 Å². The van der Waals surface area contributed by atoms with Gasteiger partial charge in [0.25, 0.3) is 0 Å². The fourth-order valence-corrected chi connectivity index (χ4v) is 1.66. The van der Waals surface area contributed by atoms with Gasteiger partial charge in [0.05, 0.1) is 6.54 Å². The lowest BCUT2D eigenvalue weighted by Crippen LogP contribution is -2.21. The topological polar surface area (TPSA) is 34.4 Å². The Bertz CT molecular complexity index is 547. The second-order valence-corrected chi connectivity index (χ2v) is 4.74. The Morgan fingerprint density at radius 2 is 1.75 bits per heavy atom. The number of hydrogen-bond acceptors (Lipinski definition) is 3. The Morgan fingerprint density at radius 3 is 2.40 bits per heavy atom. The van der Waals surface area contributed by atoms with Crippen LogP contribution in [0.4, 0.5) is 8.78 Å². The third kappa shape index (κ3) is 3.81. The van der Waals surface area contributed by atoms with Gasteiger partial charge in [-0.15, -0.1) is 0 Å². The molecule has 0 unspecified atom stereocenters. The number of para-hydroxylation sites is 1. The molecule has 108 valence electrons. The summed E-state index contributed by atoms with van der Waals surface area (Å²) < 4.78 is 37.4. The van der Waals surface area contributed by atoms with E-state index in [0.717, 1.165) is 17.9 Å². The molecule has 0 bridgehead atoms. The van der Waals surface area contributed by atoms with Crippen LogP contribution < -0.4 is 10.1 Å². The minimum Gasteiger partial charge on any atom is -0.480 e. The summed E-state index contributed by atoms with van der Waals surface area (Å²) in [5.41, 5.74) is 0. The van der Waals surface area contributed by atoms with Gasteiger partial charge in [0.1, 0.15) is 18.1 Å². The van der Waals surface area contributed by atoms with Crippen LogP contribution in [0.15, 0.2) is 34.7 Å². The summed E-state index contributed by atoms with van der Waals surface area (Å²) in [4.78, 5) is 0. The van der Waals surface area contributed by atoms with Crippen molar-refractivity contribution in [3.63, 3.8) is 0 Å². The van der Waals surface area contributed by atoms with Crippen molar-refractivity contribution >= 4 is 0 Å². The molecule has 0 radical (unpaired) electrons. The zero-order valence-electron chi connectivity index (χ0n) is 11.5. The number of benzene rings is 1. The molecule has 1 aromatic carbocycles. The van der Waals surface area contributed by atoms with Gasteiger partial charge in [0.2, 0.25) is 0 Å². The van der Waals surface area contributed by atoms with E-state index in [-0.39, 0.29) is 12.4 Å². The first kappa shape index (κ1) is 14.5. The molecule has 0 spiro atoms. The van der Waals surface area contributed by atoms with Gasteiger partial charge in [0, 0.05) is 6.04 Å². The van der Waals surface area contributed by atoms with Crippen molar-refractivity contribution in [2.24, 2.45) is 0 Å². The molecule has 0 atom stereocenters. The smallest absolute Gasteiger partial charge is 0.191 e. The normalized spacial score (nSPS) is 11.1. The highest BCUT2D eigenvalue weighted by Crippen LogP contribution is 2.22. The highest BCUT2D eigenvalue weighted by molar-refractivity contribution is 5.26. The zero-order chi connectivity index (χ0) is 14.5. The predicted octanol–water partition coefficient (Wildman–Crippen LogP) is 3.63. The zero-order valence-corrected chi connectivity index (χ0v) is 11.5. The number of rotatable bonds is 6. The Kier molecular flexibility index (Phi) is 4.74. The number of hydrogen-bond donors (Lipinski definition) is 1. The summed E-state index contributed by atoms with van der Waals surface area (Å²) in [5, 5.41) is 3.21. The average Bonchev–Trinajstić information content (AvgIpc) is 2.84. The van der Waals surface area contributed by atoms with Crippen molar-refractivity contribution in [3.05, 3.63) is 53.5 Å². The molecule has 0 amide bonds. The highest BCUT2D eigenvalue weighted by atomic mass is 19.1. The third-order valence-electron chi connectivity index (χ3n) is 2.68. The van der Waals surface area contributed by atoms with E-state index in [9.17, 15) is 8.78 Å². The van der Waals surface area contributed by atoms with Crippen LogP contribution in [-0.2, 0) is 13.2 Å². The largest absolute Gasteiger partial charge is 0.480 e. The van der Waals surface area contributed by atoms with E-state index in [1.54, 1.807) is 6.07 Å². The van der Waals surface area contributed by atoms with Crippen molar-refractivity contribution in [1.82, 2.24) is 5.32 Å². The van der Waals surface area contributed by atoms with Crippen LogP contribution in [0, 0.1) is 11.6 Å². The summed E-state index contributed by atoms with van der Waals surface area (Å²) in [7, 11) is 0. The van der Waals surface area contributed by atoms with Gasteiger partial charge in [-0.05, 0) is 24.3 Å². The summed E-state index contributed by atoms with van der Waals surface area (Å²) in [6.45, 7) is 4.66. The number of halogens is 2. The molecule has 0 aliphatic heterocycles. The summed E-state index contributed by atoms with van der Waals surface area (Å²) in [5.74, 6) is -0.554. The third-order valence-corrected chi connectivity index (χ3v) is 2.68. The first-order chi connectivity index (χ1) is 9.56. The maximum Gasteiger partial charge on any atom is 0.191 e. The van der Waals surface area contributed by atoms with Gasteiger partial charge >= 0.3 is 0 Å². The molecule has 3 nitrogen and oxygen atoms in total. The van der Waals surface area contributed by atoms with E-state index >= 15 is 0 Å². The van der Waals surface area contributed by atoms with Crippen LogP contribution in [0.25, 0.3) is 0 Å². The van der Waals surface area contributed by atoms with Gasteiger partial charge in [0.15, 0.2) is 17.4 Å². The molecule has 0 fully saturated rings. The first-order valence-electron chi connectivity index (χ1n) is 6.44. The fourth-order valence-electron chi connectivity index (χ4n) is 1.66. The highest BCUT2D eigenvalue weighted by Gasteiger charge is 2.11. The van der Waals surface area contributed by atoms with E-state index in [4.69, 9.17) is 9.15 Å². The van der Waals surface area contributed by atoms with Gasteiger partial charge in [-0.3, -0.25) is 0 Å². The molecule has 0 saturated carbocycles. The number of furan rings is 1. The molecule has 0 saturated heterocycles. The molecule has 2 aromatic rings. The molecule has 2 rings (SSSR count). The van der Waals surface area contributed by atoms with Gasteiger partial charge < -0.3 is 14.5 Å². The second kappa shape index (κ2) is 6.52. The Labute approximate surface area is 116 Å².